The molecular formula is C19H19ClN2O3S. The smallest absolute Gasteiger partial charge is 0.357 e. The molecule has 2 aromatic rings. The van der Waals surface area contributed by atoms with Gasteiger partial charge in [-0.1, -0.05) is 53.2 Å². The number of esters is 1. The molecule has 0 bridgehead atoms. The van der Waals surface area contributed by atoms with Crippen LogP contribution in [-0.2, 0) is 21.0 Å². The highest BCUT2D eigenvalue weighted by molar-refractivity contribution is 7.97. The summed E-state index contributed by atoms with van der Waals surface area (Å²) in [6.07, 6.45) is 1.78. The Morgan fingerprint density at radius 2 is 1.85 bits per heavy atom. The zero-order valence-electron chi connectivity index (χ0n) is 14.7. The lowest BCUT2D eigenvalue weighted by Crippen LogP contribution is -2.18. The number of ether oxygens (including phenoxy) is 1. The van der Waals surface area contributed by atoms with Crippen molar-refractivity contribution in [3.63, 3.8) is 0 Å². The molecule has 0 saturated heterocycles. The number of rotatable bonds is 7. The minimum Gasteiger partial charge on any atom is -0.464 e. The number of hydrogen-bond donors (Lipinski definition) is 0. The molecule has 0 N–H and O–H groups in total. The van der Waals surface area contributed by atoms with Crippen LogP contribution in [-0.4, -0.2) is 30.8 Å². The highest BCUT2D eigenvalue weighted by atomic mass is 35.5. The van der Waals surface area contributed by atoms with E-state index in [0.717, 1.165) is 16.8 Å². The molecular weight excluding hydrogens is 372 g/mol. The first-order chi connectivity index (χ1) is 12.6. The van der Waals surface area contributed by atoms with Gasteiger partial charge in [-0.15, -0.1) is 0 Å². The summed E-state index contributed by atoms with van der Waals surface area (Å²) in [6.45, 7) is 2.05. The van der Waals surface area contributed by atoms with E-state index in [1.54, 1.807) is 24.5 Å². The number of carbonyl (C=O) groups is 1. The van der Waals surface area contributed by atoms with E-state index in [2.05, 4.69) is 9.55 Å². The Hall–Kier alpha value is -2.31. The fourth-order valence-electron chi connectivity index (χ4n) is 2.20. The molecule has 136 valence electrons. The van der Waals surface area contributed by atoms with Gasteiger partial charge in [0.05, 0.1) is 12.8 Å². The largest absolute Gasteiger partial charge is 0.464 e. The van der Waals surface area contributed by atoms with Crippen LogP contribution in [0.4, 0.5) is 0 Å². The quantitative estimate of drug-likeness (QED) is 0.302. The number of nitrogens with zero attached hydrogens (tertiary/aromatic N) is 2. The molecule has 0 amide bonds. The zero-order valence-corrected chi connectivity index (χ0v) is 16.3. The Morgan fingerprint density at radius 1 is 1.15 bits per heavy atom. The van der Waals surface area contributed by atoms with E-state index in [1.165, 1.54) is 19.1 Å². The molecule has 0 aliphatic heterocycles. The average molecular weight is 391 g/mol. The monoisotopic (exact) mass is 390 g/mol. The first-order valence-electron chi connectivity index (χ1n) is 7.77. The molecule has 0 spiro atoms. The third-order valence-corrected chi connectivity index (χ3v) is 4.13. The number of halogens is 1. The lowest BCUT2D eigenvalue weighted by Gasteiger charge is -2.10. The molecule has 0 atom stereocenters. The van der Waals surface area contributed by atoms with Crippen LogP contribution < -0.4 is 0 Å². The Kier molecular flexibility index (Phi) is 7.69. The van der Waals surface area contributed by atoms with Gasteiger partial charge in [0.1, 0.15) is 6.61 Å². The van der Waals surface area contributed by atoms with Gasteiger partial charge >= 0.3 is 5.97 Å². The Balaban J connectivity index is 2.17. The second-order valence-corrected chi connectivity index (χ2v) is 6.21. The lowest BCUT2D eigenvalue weighted by molar-refractivity contribution is -0.132. The fourth-order valence-corrected chi connectivity index (χ4v) is 2.69. The standard InChI is InChI=1S/C19H19ClN2O3S/c1-13(14-8-10-16(20)11-9-14)21-25-12-15-6-4-5-7-17(15)18(22-26-3)19(23)24-2/h4-11H,12H2,1-3H3/b21-13-,22-18?. The molecule has 0 aliphatic carbocycles. The van der Waals surface area contributed by atoms with E-state index in [4.69, 9.17) is 21.2 Å². The van der Waals surface area contributed by atoms with Gasteiger partial charge in [0.25, 0.3) is 0 Å². The summed E-state index contributed by atoms with van der Waals surface area (Å²) >= 11 is 7.08. The first kappa shape index (κ1) is 20.0. The van der Waals surface area contributed by atoms with Crippen molar-refractivity contribution in [2.75, 3.05) is 13.4 Å². The predicted octanol–water partition coefficient (Wildman–Crippen LogP) is 4.52. The highest BCUT2D eigenvalue weighted by Crippen LogP contribution is 2.16. The summed E-state index contributed by atoms with van der Waals surface area (Å²) < 4.78 is 9.00. The van der Waals surface area contributed by atoms with Crippen LogP contribution in [0.15, 0.2) is 58.1 Å². The summed E-state index contributed by atoms with van der Waals surface area (Å²) in [4.78, 5) is 17.5. The molecule has 26 heavy (non-hydrogen) atoms. The molecule has 7 heteroatoms. The minimum atomic E-state index is -0.493. The third kappa shape index (κ3) is 5.34. The van der Waals surface area contributed by atoms with Gasteiger partial charge in [-0.05, 0) is 36.6 Å². The summed E-state index contributed by atoms with van der Waals surface area (Å²) in [5.41, 5.74) is 3.34. The Morgan fingerprint density at radius 3 is 2.50 bits per heavy atom. The second kappa shape index (κ2) is 9.99. The third-order valence-electron chi connectivity index (χ3n) is 3.52. The predicted molar refractivity (Wildman–Crippen MR) is 107 cm³/mol. The van der Waals surface area contributed by atoms with Crippen LogP contribution >= 0.6 is 23.5 Å². The molecule has 0 saturated carbocycles. The molecule has 0 aliphatic rings. The number of methoxy groups -OCH3 is 1. The number of oxime groups is 1. The maximum absolute atomic E-state index is 12.0. The Labute approximate surface area is 162 Å². The van der Waals surface area contributed by atoms with Gasteiger partial charge in [0, 0.05) is 22.4 Å². The normalized spacial score (nSPS) is 12.0. The summed E-state index contributed by atoms with van der Waals surface area (Å²) in [5.74, 6) is -0.493. The van der Waals surface area contributed by atoms with E-state index in [9.17, 15) is 4.79 Å². The SMILES string of the molecule is COC(=O)C(=NSC)c1ccccc1CO/N=C(/C)c1ccc(Cl)cc1. The van der Waals surface area contributed by atoms with Crippen molar-refractivity contribution in [2.24, 2.45) is 9.55 Å². The highest BCUT2D eigenvalue weighted by Gasteiger charge is 2.18. The van der Waals surface area contributed by atoms with Gasteiger partial charge in [-0.2, -0.15) is 0 Å². The van der Waals surface area contributed by atoms with Crippen molar-refractivity contribution in [2.45, 2.75) is 13.5 Å². The van der Waals surface area contributed by atoms with Crippen LogP contribution in [0.5, 0.6) is 0 Å². The van der Waals surface area contributed by atoms with E-state index < -0.39 is 5.97 Å². The van der Waals surface area contributed by atoms with E-state index in [-0.39, 0.29) is 12.3 Å². The number of carbonyl (C=O) groups excluding carboxylic acids is 1. The van der Waals surface area contributed by atoms with Crippen molar-refractivity contribution in [3.05, 3.63) is 70.2 Å². The van der Waals surface area contributed by atoms with E-state index in [1.807, 2.05) is 37.3 Å². The Bertz CT molecular complexity index is 820. The summed E-state index contributed by atoms with van der Waals surface area (Å²) in [6, 6.07) is 14.7. The van der Waals surface area contributed by atoms with Gasteiger partial charge in [-0.25, -0.2) is 9.19 Å². The zero-order chi connectivity index (χ0) is 18.9. The van der Waals surface area contributed by atoms with Crippen LogP contribution in [0, 0.1) is 0 Å². The van der Waals surface area contributed by atoms with Crippen molar-refractivity contribution in [1.82, 2.24) is 0 Å². The van der Waals surface area contributed by atoms with Gasteiger partial charge in [0.2, 0.25) is 0 Å². The van der Waals surface area contributed by atoms with E-state index >= 15 is 0 Å². The second-order valence-electron chi connectivity index (χ2n) is 5.23. The minimum absolute atomic E-state index is 0.200. The number of hydrogen-bond acceptors (Lipinski definition) is 6. The van der Waals surface area contributed by atoms with Crippen molar-refractivity contribution >= 4 is 40.9 Å². The maximum Gasteiger partial charge on any atom is 0.357 e. The molecule has 2 aromatic carbocycles. The number of benzene rings is 2. The van der Waals surface area contributed by atoms with Crippen molar-refractivity contribution in [3.8, 4) is 0 Å². The van der Waals surface area contributed by atoms with Gasteiger partial charge in [-0.3, -0.25) is 0 Å². The fraction of sp³-hybridized carbons (Fsp3) is 0.211. The molecule has 5 nitrogen and oxygen atoms in total. The van der Waals surface area contributed by atoms with Crippen molar-refractivity contribution < 1.29 is 14.4 Å². The average Bonchev–Trinajstić information content (AvgIpc) is 2.66. The molecule has 0 radical (unpaired) electrons. The van der Waals surface area contributed by atoms with Crippen LogP contribution in [0.25, 0.3) is 0 Å². The molecule has 2 rings (SSSR count). The van der Waals surface area contributed by atoms with E-state index in [0.29, 0.717) is 10.6 Å². The van der Waals surface area contributed by atoms with Gasteiger partial charge < -0.3 is 9.57 Å². The topological polar surface area (TPSA) is 60.2 Å². The molecule has 0 unspecified atom stereocenters. The summed E-state index contributed by atoms with van der Waals surface area (Å²) in [7, 11) is 1.33. The molecule has 0 heterocycles. The first-order valence-corrected chi connectivity index (χ1v) is 9.33. The maximum atomic E-state index is 12.0. The molecule has 0 fully saturated rings. The van der Waals surface area contributed by atoms with Crippen LogP contribution in [0.3, 0.4) is 0 Å². The van der Waals surface area contributed by atoms with Crippen LogP contribution in [0.2, 0.25) is 5.02 Å². The molecule has 0 aromatic heterocycles. The van der Waals surface area contributed by atoms with Crippen LogP contribution in [0.1, 0.15) is 23.6 Å². The summed E-state index contributed by atoms with van der Waals surface area (Å²) in [5, 5.41) is 4.81. The van der Waals surface area contributed by atoms with Gasteiger partial charge in [0.15, 0.2) is 5.71 Å². The lowest BCUT2D eigenvalue weighted by atomic mass is 10.0. The van der Waals surface area contributed by atoms with Crippen molar-refractivity contribution in [1.29, 1.82) is 0 Å².